The Bertz CT molecular complexity index is 1150. The van der Waals surface area contributed by atoms with Gasteiger partial charge in [0.15, 0.2) is 0 Å². The largest absolute Gasteiger partial charge is 0.465 e. The van der Waals surface area contributed by atoms with Crippen LogP contribution in [-0.4, -0.2) is 26.2 Å². The molecule has 1 heterocycles. The third-order valence-electron chi connectivity index (χ3n) is 4.47. The van der Waals surface area contributed by atoms with Crippen molar-refractivity contribution in [1.82, 2.24) is 0 Å². The number of methoxy groups -OCH3 is 2. The summed E-state index contributed by atoms with van der Waals surface area (Å²) < 4.78 is 69.9. The summed E-state index contributed by atoms with van der Waals surface area (Å²) in [7, 11) is 2.11. The smallest absolute Gasteiger partial charge is 0.418 e. The first-order chi connectivity index (χ1) is 15.7. The molecule has 0 saturated carbocycles. The third kappa shape index (κ3) is 5.22. The van der Waals surface area contributed by atoms with E-state index in [2.05, 4.69) is 4.74 Å². The number of nitrogens with zero attached hydrogens (tertiary/aromatic N) is 1. The number of carbonyl (C=O) groups excluding carboxylic acids is 2. The molecular weight excluding hydrogens is 446 g/mol. The maximum absolute atomic E-state index is 14.0. The lowest BCUT2D eigenvalue weighted by Gasteiger charge is -2.26. The quantitative estimate of drug-likeness (QED) is 0.453. The summed E-state index contributed by atoms with van der Waals surface area (Å²) >= 11 is 0. The summed E-state index contributed by atoms with van der Waals surface area (Å²) in [6.07, 6.45) is 0.270. The number of ether oxygens (including phenoxy) is 3. The number of alkyl halides is 3. The third-order valence-corrected chi connectivity index (χ3v) is 4.47. The number of benzene rings is 2. The molecule has 0 aliphatic carbocycles. The second-order valence-electron chi connectivity index (χ2n) is 6.55. The lowest BCUT2D eigenvalue weighted by atomic mass is 10.1. The maximum atomic E-state index is 14.0. The second kappa shape index (κ2) is 9.60. The highest BCUT2D eigenvalue weighted by molar-refractivity contribution is 6.05. The summed E-state index contributed by atoms with van der Waals surface area (Å²) in [5.41, 5.74) is -2.38. The van der Waals surface area contributed by atoms with Crippen LogP contribution < -0.4 is 9.64 Å². The van der Waals surface area contributed by atoms with Crippen molar-refractivity contribution in [2.75, 3.05) is 19.1 Å². The van der Waals surface area contributed by atoms with Crippen LogP contribution >= 0.6 is 0 Å². The van der Waals surface area contributed by atoms with Crippen LogP contribution in [0, 0.1) is 5.82 Å². The fraction of sp³-hybridized carbons (Fsp3) is 0.130. The molecule has 0 aromatic heterocycles. The predicted molar refractivity (Wildman–Crippen MR) is 110 cm³/mol. The zero-order chi connectivity index (χ0) is 24.2. The molecule has 0 spiro atoms. The molecule has 0 saturated heterocycles. The number of halogens is 4. The van der Waals surface area contributed by atoms with E-state index in [1.807, 2.05) is 0 Å². The van der Waals surface area contributed by atoms with E-state index in [4.69, 9.17) is 9.47 Å². The molecular formula is C23H17F4NO5. The lowest BCUT2D eigenvalue weighted by Crippen LogP contribution is -2.28. The Hall–Kier alpha value is -4.08. The van der Waals surface area contributed by atoms with E-state index < -0.39 is 40.9 Å². The molecule has 2 aromatic carbocycles. The van der Waals surface area contributed by atoms with E-state index in [0.29, 0.717) is 0 Å². The van der Waals surface area contributed by atoms with Crippen molar-refractivity contribution >= 4 is 17.6 Å². The molecule has 1 aliphatic heterocycles. The number of esters is 2. The van der Waals surface area contributed by atoms with Gasteiger partial charge in [-0.05, 0) is 54.6 Å². The van der Waals surface area contributed by atoms with E-state index in [1.165, 1.54) is 42.6 Å². The van der Waals surface area contributed by atoms with Crippen molar-refractivity contribution in [2.45, 2.75) is 6.18 Å². The molecule has 0 amide bonds. The number of allylic oxidation sites excluding steroid dienone is 2. The van der Waals surface area contributed by atoms with Crippen molar-refractivity contribution in [1.29, 1.82) is 0 Å². The van der Waals surface area contributed by atoms with E-state index in [0.717, 1.165) is 43.4 Å². The fourth-order valence-electron chi connectivity index (χ4n) is 3.01. The number of hydrogen-bond acceptors (Lipinski definition) is 6. The number of hydrogen-bond donors (Lipinski definition) is 0. The lowest BCUT2D eigenvalue weighted by molar-refractivity contribution is -0.139. The topological polar surface area (TPSA) is 65.1 Å². The summed E-state index contributed by atoms with van der Waals surface area (Å²) in [5, 5.41) is 0. The van der Waals surface area contributed by atoms with Crippen LogP contribution in [0.5, 0.6) is 11.5 Å². The average molecular weight is 463 g/mol. The average Bonchev–Trinajstić information content (AvgIpc) is 3.02. The van der Waals surface area contributed by atoms with Crippen molar-refractivity contribution in [3.8, 4) is 11.5 Å². The molecule has 0 unspecified atom stereocenters. The zero-order valence-corrected chi connectivity index (χ0v) is 17.4. The van der Waals surface area contributed by atoms with Crippen molar-refractivity contribution in [3.05, 3.63) is 89.5 Å². The van der Waals surface area contributed by atoms with Crippen LogP contribution in [0.4, 0.5) is 23.2 Å². The van der Waals surface area contributed by atoms with Crippen molar-refractivity contribution in [2.24, 2.45) is 0 Å². The summed E-state index contributed by atoms with van der Waals surface area (Å²) in [5.74, 6) is -2.57. The second-order valence-corrected chi connectivity index (χ2v) is 6.55. The van der Waals surface area contributed by atoms with Gasteiger partial charge < -0.3 is 19.1 Å². The highest BCUT2D eigenvalue weighted by Crippen LogP contribution is 2.41. The van der Waals surface area contributed by atoms with Gasteiger partial charge in [-0.2, -0.15) is 13.2 Å². The number of carbonyl (C=O) groups is 2. The Morgan fingerprint density at radius 1 is 0.879 bits per heavy atom. The summed E-state index contributed by atoms with van der Waals surface area (Å²) in [6, 6.07) is 7.79. The van der Waals surface area contributed by atoms with Gasteiger partial charge in [0, 0.05) is 6.20 Å². The number of rotatable bonds is 5. The molecule has 3 rings (SSSR count). The molecule has 172 valence electrons. The Balaban J connectivity index is 2.15. The predicted octanol–water partition coefficient (Wildman–Crippen LogP) is 5.13. The van der Waals surface area contributed by atoms with Gasteiger partial charge in [0.25, 0.3) is 0 Å². The summed E-state index contributed by atoms with van der Waals surface area (Å²) in [6.45, 7) is 0. The molecule has 10 heteroatoms. The normalized spacial score (nSPS) is 13.6. The van der Waals surface area contributed by atoms with Crippen LogP contribution in [0.1, 0.15) is 5.56 Å². The Morgan fingerprint density at radius 3 is 2.12 bits per heavy atom. The molecule has 0 radical (unpaired) electrons. The molecule has 0 atom stereocenters. The minimum Gasteiger partial charge on any atom is -0.465 e. The first-order valence-corrected chi connectivity index (χ1v) is 9.35. The van der Waals surface area contributed by atoms with E-state index >= 15 is 0 Å². The van der Waals surface area contributed by atoms with Gasteiger partial charge in [0.1, 0.15) is 23.0 Å². The number of anilines is 1. The highest BCUT2D eigenvalue weighted by Gasteiger charge is 2.38. The first-order valence-electron chi connectivity index (χ1n) is 9.35. The van der Waals surface area contributed by atoms with Gasteiger partial charge in [-0.25, -0.2) is 14.0 Å². The molecule has 1 aliphatic rings. The van der Waals surface area contributed by atoms with E-state index in [1.54, 1.807) is 0 Å². The molecule has 0 bridgehead atoms. The first kappa shape index (κ1) is 23.6. The van der Waals surface area contributed by atoms with Crippen LogP contribution in [0.3, 0.4) is 0 Å². The van der Waals surface area contributed by atoms with Crippen molar-refractivity contribution < 1.29 is 41.4 Å². The SMILES string of the molecule is COC(=O)C1=C(C(=O)OC)N(c2ccc(Oc3ccc(F)cc3)cc2C(F)(F)F)C=CC=C1. The molecule has 6 nitrogen and oxygen atoms in total. The monoisotopic (exact) mass is 463 g/mol. The minimum absolute atomic E-state index is 0.124. The highest BCUT2D eigenvalue weighted by atomic mass is 19.4. The van der Waals surface area contributed by atoms with Gasteiger partial charge >= 0.3 is 18.1 Å². The standard InChI is InChI=1S/C23H17F4NO5/c1-31-21(29)17-5-3-4-12-28(20(17)22(30)32-2)19-11-10-16(13-18(19)23(25,26)27)33-15-8-6-14(24)7-9-15/h3-13H,1-2H3. The molecule has 2 aromatic rings. The fourth-order valence-corrected chi connectivity index (χ4v) is 3.01. The molecule has 33 heavy (non-hydrogen) atoms. The Kier molecular flexibility index (Phi) is 6.86. The minimum atomic E-state index is -4.86. The van der Waals surface area contributed by atoms with Crippen LogP contribution in [-0.2, 0) is 25.2 Å². The Labute approximate surface area is 186 Å². The molecule has 0 N–H and O–H groups in total. The van der Waals surface area contributed by atoms with Gasteiger partial charge in [-0.3, -0.25) is 0 Å². The van der Waals surface area contributed by atoms with Crippen LogP contribution in [0.25, 0.3) is 0 Å². The Morgan fingerprint density at radius 2 is 1.52 bits per heavy atom. The van der Waals surface area contributed by atoms with Crippen LogP contribution in [0.2, 0.25) is 0 Å². The van der Waals surface area contributed by atoms with Crippen molar-refractivity contribution in [3.63, 3.8) is 0 Å². The summed E-state index contributed by atoms with van der Waals surface area (Å²) in [4.78, 5) is 25.6. The van der Waals surface area contributed by atoms with Gasteiger partial charge in [-0.1, -0.05) is 6.08 Å². The van der Waals surface area contributed by atoms with Gasteiger partial charge in [-0.15, -0.1) is 0 Å². The maximum Gasteiger partial charge on any atom is 0.418 e. The molecule has 0 fully saturated rings. The van der Waals surface area contributed by atoms with E-state index in [9.17, 15) is 27.2 Å². The van der Waals surface area contributed by atoms with Gasteiger partial charge in [0.05, 0.1) is 31.0 Å². The van der Waals surface area contributed by atoms with Gasteiger partial charge in [0.2, 0.25) is 0 Å². The zero-order valence-electron chi connectivity index (χ0n) is 17.4. The van der Waals surface area contributed by atoms with E-state index in [-0.39, 0.29) is 17.1 Å². The van der Waals surface area contributed by atoms with Crippen LogP contribution in [0.15, 0.2) is 78.2 Å².